The molecule has 0 saturated heterocycles. The van der Waals surface area contributed by atoms with Gasteiger partial charge in [-0.25, -0.2) is 9.65 Å². The third-order valence-electron chi connectivity index (χ3n) is 4.78. The molecule has 2 atom stereocenters. The van der Waals surface area contributed by atoms with Crippen LogP contribution in [0.4, 0.5) is 0 Å². The second-order valence-electron chi connectivity index (χ2n) is 6.75. The number of carbonyl (C=O) groups excluding carboxylic acids is 1. The van der Waals surface area contributed by atoms with E-state index in [0.29, 0.717) is 6.42 Å². The first kappa shape index (κ1) is 19.5. The average molecular weight is 333 g/mol. The standard InChI is InChI=1S/C15H28NO5P/c1-12(17)8-11-15(18)13(2,3)9-7-10-14(15,4)16-22(19,20-5)21-6/h8,11,18H,7,9-10H2,1-6H3,(H,16,19)/b11-8+. The highest BCUT2D eigenvalue weighted by Crippen LogP contribution is 2.55. The van der Waals surface area contributed by atoms with E-state index in [4.69, 9.17) is 9.05 Å². The zero-order valence-electron chi connectivity index (χ0n) is 14.3. The molecule has 128 valence electrons. The molecule has 1 saturated carbocycles. The SMILES string of the molecule is COP(=O)(NC1(C)CCCC(C)(C)C1(O)/C=C/C(C)=O)OC. The predicted octanol–water partition coefficient (Wildman–Crippen LogP) is 2.82. The Kier molecular flexibility index (Phi) is 5.80. The van der Waals surface area contributed by atoms with Crippen molar-refractivity contribution in [1.29, 1.82) is 0 Å². The van der Waals surface area contributed by atoms with E-state index < -0.39 is 24.3 Å². The lowest BCUT2D eigenvalue weighted by molar-refractivity contribution is -0.118. The first-order valence-electron chi connectivity index (χ1n) is 7.38. The summed E-state index contributed by atoms with van der Waals surface area (Å²) < 4.78 is 22.4. The largest absolute Gasteiger partial charge is 0.405 e. The molecule has 0 bridgehead atoms. The summed E-state index contributed by atoms with van der Waals surface area (Å²) >= 11 is 0. The number of rotatable bonds is 6. The van der Waals surface area contributed by atoms with Gasteiger partial charge >= 0.3 is 7.75 Å². The van der Waals surface area contributed by atoms with Crippen LogP contribution in [-0.2, 0) is 18.4 Å². The highest BCUT2D eigenvalue weighted by molar-refractivity contribution is 7.51. The molecule has 1 fully saturated rings. The highest BCUT2D eigenvalue weighted by Gasteiger charge is 2.58. The molecule has 0 radical (unpaired) electrons. The fourth-order valence-electron chi connectivity index (χ4n) is 3.27. The number of allylic oxidation sites excluding steroid dienone is 1. The molecule has 0 aliphatic heterocycles. The fourth-order valence-corrected chi connectivity index (χ4v) is 4.49. The predicted molar refractivity (Wildman–Crippen MR) is 85.6 cm³/mol. The molecule has 0 amide bonds. The van der Waals surface area contributed by atoms with Gasteiger partial charge in [-0.3, -0.25) is 4.79 Å². The summed E-state index contributed by atoms with van der Waals surface area (Å²) in [6, 6.07) is 0. The van der Waals surface area contributed by atoms with Crippen LogP contribution in [0.1, 0.15) is 47.0 Å². The van der Waals surface area contributed by atoms with Crippen LogP contribution in [0.5, 0.6) is 0 Å². The van der Waals surface area contributed by atoms with Gasteiger partial charge in [0.25, 0.3) is 0 Å². The van der Waals surface area contributed by atoms with E-state index in [-0.39, 0.29) is 5.78 Å². The van der Waals surface area contributed by atoms with Crippen LogP contribution < -0.4 is 5.09 Å². The van der Waals surface area contributed by atoms with Gasteiger partial charge in [-0.15, -0.1) is 0 Å². The van der Waals surface area contributed by atoms with Crippen LogP contribution in [0.25, 0.3) is 0 Å². The Morgan fingerprint density at radius 2 is 1.77 bits per heavy atom. The molecule has 1 aliphatic carbocycles. The molecule has 2 unspecified atom stereocenters. The Morgan fingerprint density at radius 1 is 1.23 bits per heavy atom. The van der Waals surface area contributed by atoms with Gasteiger partial charge in [-0.05, 0) is 44.3 Å². The Hall–Kier alpha value is -0.520. The first-order chi connectivity index (χ1) is 9.95. The smallest absolute Gasteiger partial charge is 0.383 e. The number of hydrogen-bond donors (Lipinski definition) is 2. The molecular formula is C15H28NO5P. The molecule has 22 heavy (non-hydrogen) atoms. The number of carbonyl (C=O) groups is 1. The van der Waals surface area contributed by atoms with Crippen LogP contribution in [0.15, 0.2) is 12.2 Å². The minimum absolute atomic E-state index is 0.154. The molecule has 0 spiro atoms. The van der Waals surface area contributed by atoms with Gasteiger partial charge in [0, 0.05) is 14.2 Å². The number of aliphatic hydroxyl groups is 1. The maximum absolute atomic E-state index is 12.5. The van der Waals surface area contributed by atoms with Gasteiger partial charge in [0.2, 0.25) is 0 Å². The summed E-state index contributed by atoms with van der Waals surface area (Å²) in [7, 11) is -0.946. The Labute approximate surface area is 132 Å². The number of hydrogen-bond acceptors (Lipinski definition) is 5. The van der Waals surface area contributed by atoms with E-state index in [1.807, 2.05) is 13.8 Å². The van der Waals surface area contributed by atoms with Crippen LogP contribution in [0.3, 0.4) is 0 Å². The van der Waals surface area contributed by atoms with E-state index in [2.05, 4.69) is 5.09 Å². The van der Waals surface area contributed by atoms with Crippen molar-refractivity contribution in [1.82, 2.24) is 5.09 Å². The van der Waals surface area contributed by atoms with Gasteiger partial charge in [-0.1, -0.05) is 20.3 Å². The minimum Gasteiger partial charge on any atom is -0.383 e. The molecule has 0 heterocycles. The second-order valence-corrected chi connectivity index (χ2v) is 8.70. The van der Waals surface area contributed by atoms with Gasteiger partial charge < -0.3 is 14.2 Å². The van der Waals surface area contributed by atoms with E-state index in [1.165, 1.54) is 33.3 Å². The fraction of sp³-hybridized carbons (Fsp3) is 0.800. The zero-order valence-corrected chi connectivity index (χ0v) is 15.2. The van der Waals surface area contributed by atoms with Gasteiger partial charge in [0.1, 0.15) is 5.60 Å². The van der Waals surface area contributed by atoms with Crippen LogP contribution >= 0.6 is 7.75 Å². The topological polar surface area (TPSA) is 84.9 Å². The Bertz CT molecular complexity index is 496. The van der Waals surface area contributed by atoms with Crippen molar-refractivity contribution in [3.05, 3.63) is 12.2 Å². The molecular weight excluding hydrogens is 305 g/mol. The molecule has 1 rings (SSSR count). The van der Waals surface area contributed by atoms with E-state index in [0.717, 1.165) is 12.8 Å². The van der Waals surface area contributed by atoms with Gasteiger partial charge in [0.05, 0.1) is 5.54 Å². The molecule has 0 aromatic carbocycles. The first-order valence-corrected chi connectivity index (χ1v) is 8.93. The molecule has 1 aliphatic rings. The van der Waals surface area contributed by atoms with E-state index >= 15 is 0 Å². The zero-order chi connectivity index (χ0) is 17.2. The van der Waals surface area contributed by atoms with Crippen molar-refractivity contribution in [2.45, 2.75) is 58.1 Å². The van der Waals surface area contributed by atoms with Crippen molar-refractivity contribution in [3.63, 3.8) is 0 Å². The highest BCUT2D eigenvalue weighted by atomic mass is 31.2. The van der Waals surface area contributed by atoms with Crippen molar-refractivity contribution < 1.29 is 23.5 Å². The third kappa shape index (κ3) is 3.52. The van der Waals surface area contributed by atoms with E-state index in [9.17, 15) is 14.5 Å². The third-order valence-corrected chi connectivity index (χ3v) is 6.50. The summed E-state index contributed by atoms with van der Waals surface area (Å²) in [6.45, 7) is 7.07. The quantitative estimate of drug-likeness (QED) is 0.574. The molecule has 7 heteroatoms. The average Bonchev–Trinajstić information content (AvgIpc) is 2.42. The molecule has 6 nitrogen and oxygen atoms in total. The van der Waals surface area contributed by atoms with Crippen molar-refractivity contribution in [2.24, 2.45) is 5.41 Å². The van der Waals surface area contributed by atoms with Crippen molar-refractivity contribution >= 4 is 13.5 Å². The molecule has 0 aromatic rings. The molecule has 0 aromatic heterocycles. The van der Waals surface area contributed by atoms with E-state index in [1.54, 1.807) is 6.92 Å². The van der Waals surface area contributed by atoms with Crippen LogP contribution in [0, 0.1) is 5.41 Å². The Morgan fingerprint density at radius 3 is 2.23 bits per heavy atom. The van der Waals surface area contributed by atoms with Crippen molar-refractivity contribution in [3.8, 4) is 0 Å². The summed E-state index contributed by atoms with van der Waals surface area (Å²) in [5, 5.41) is 14.3. The normalized spacial score (nSPS) is 32.3. The lowest BCUT2D eigenvalue weighted by atomic mass is 9.57. The van der Waals surface area contributed by atoms with Gasteiger partial charge in [-0.2, -0.15) is 0 Å². The summed E-state index contributed by atoms with van der Waals surface area (Å²) in [6.07, 6.45) is 5.08. The Balaban J connectivity index is 3.34. The maximum atomic E-state index is 12.5. The van der Waals surface area contributed by atoms with Crippen LogP contribution in [-0.4, -0.2) is 36.2 Å². The lowest BCUT2D eigenvalue weighted by Gasteiger charge is -2.56. The maximum Gasteiger partial charge on any atom is 0.405 e. The number of ketones is 1. The summed E-state index contributed by atoms with van der Waals surface area (Å²) in [5.41, 5.74) is -2.84. The van der Waals surface area contributed by atoms with Gasteiger partial charge in [0.15, 0.2) is 5.78 Å². The molecule has 2 N–H and O–H groups in total. The lowest BCUT2D eigenvalue weighted by Crippen LogP contribution is -2.67. The second kappa shape index (κ2) is 6.54. The van der Waals surface area contributed by atoms with Crippen molar-refractivity contribution in [2.75, 3.05) is 14.2 Å². The number of nitrogens with one attached hydrogen (secondary N) is 1. The van der Waals surface area contributed by atoms with Crippen LogP contribution in [0.2, 0.25) is 0 Å². The monoisotopic (exact) mass is 333 g/mol. The minimum atomic E-state index is -3.53. The summed E-state index contributed by atoms with van der Waals surface area (Å²) in [5.74, 6) is -0.154. The summed E-state index contributed by atoms with van der Waals surface area (Å²) in [4.78, 5) is 11.3.